The molecule has 0 heterocycles. The van der Waals surface area contributed by atoms with E-state index in [1.165, 1.54) is 14.2 Å². The Morgan fingerprint density at radius 3 is 1.77 bits per heavy atom. The van der Waals surface area contributed by atoms with Crippen LogP contribution in [0.2, 0.25) is 0 Å². The minimum Gasteiger partial charge on any atom is -0.497 e. The highest BCUT2D eigenvalue weighted by Gasteiger charge is 2.09. The van der Waals surface area contributed by atoms with Gasteiger partial charge in [0.25, 0.3) is 0 Å². The number of ether oxygens (including phenoxy) is 2. The van der Waals surface area contributed by atoms with E-state index in [2.05, 4.69) is 11.8 Å². The summed E-state index contributed by atoms with van der Waals surface area (Å²) in [6.07, 6.45) is -1.98. The lowest BCUT2D eigenvalue weighted by Gasteiger charge is -2.10. The molecular formula is C18H18O4. The number of methoxy groups -OCH3 is 2. The maximum absolute atomic E-state index is 10.2. The predicted molar refractivity (Wildman–Crippen MR) is 83.7 cm³/mol. The summed E-state index contributed by atoms with van der Waals surface area (Å²) in [5, 5.41) is 20.1. The maximum atomic E-state index is 10.2. The first kappa shape index (κ1) is 15.9. The molecule has 2 N–H and O–H groups in total. The topological polar surface area (TPSA) is 58.9 Å². The first-order chi connectivity index (χ1) is 10.6. The lowest BCUT2D eigenvalue weighted by atomic mass is 10.1. The summed E-state index contributed by atoms with van der Waals surface area (Å²) in [6, 6.07) is 14.1. The second kappa shape index (κ2) is 7.51. The van der Waals surface area contributed by atoms with E-state index in [9.17, 15) is 10.2 Å². The Bertz CT molecular complexity index is 648. The van der Waals surface area contributed by atoms with Crippen LogP contribution >= 0.6 is 0 Å². The second-order valence-electron chi connectivity index (χ2n) is 4.65. The van der Waals surface area contributed by atoms with Crippen LogP contribution in [-0.2, 0) is 0 Å². The summed E-state index contributed by atoms with van der Waals surface area (Å²) in [7, 11) is 3.07. The number of aliphatic hydroxyl groups excluding tert-OH is 2. The Labute approximate surface area is 129 Å². The van der Waals surface area contributed by atoms with Crippen molar-refractivity contribution in [3.05, 3.63) is 59.7 Å². The van der Waals surface area contributed by atoms with Crippen LogP contribution in [0.15, 0.2) is 48.5 Å². The minimum absolute atomic E-state index is 0.545. The monoisotopic (exact) mass is 298 g/mol. The molecule has 0 aliphatic heterocycles. The van der Waals surface area contributed by atoms with Crippen molar-refractivity contribution in [3.63, 3.8) is 0 Å². The third-order valence-electron chi connectivity index (χ3n) is 3.16. The molecule has 22 heavy (non-hydrogen) atoms. The normalized spacial score (nSPS) is 12.7. The number of rotatable bonds is 4. The summed E-state index contributed by atoms with van der Waals surface area (Å²) in [4.78, 5) is 0. The third kappa shape index (κ3) is 4.01. The Kier molecular flexibility index (Phi) is 5.42. The van der Waals surface area contributed by atoms with E-state index in [4.69, 9.17) is 9.47 Å². The molecule has 4 nitrogen and oxygen atoms in total. The van der Waals surface area contributed by atoms with Crippen molar-refractivity contribution in [1.29, 1.82) is 0 Å². The van der Waals surface area contributed by atoms with E-state index in [-0.39, 0.29) is 0 Å². The fraction of sp³-hybridized carbons (Fsp3) is 0.222. The van der Waals surface area contributed by atoms with Gasteiger partial charge in [-0.1, -0.05) is 42.2 Å². The first-order valence-corrected chi connectivity index (χ1v) is 6.79. The zero-order valence-corrected chi connectivity index (χ0v) is 12.5. The van der Waals surface area contributed by atoms with Crippen LogP contribution in [0.1, 0.15) is 23.3 Å². The molecule has 0 amide bonds. The summed E-state index contributed by atoms with van der Waals surface area (Å²) in [6.45, 7) is 0. The number of hydrogen-bond donors (Lipinski definition) is 2. The molecule has 0 aliphatic rings. The molecule has 0 aromatic heterocycles. The quantitative estimate of drug-likeness (QED) is 0.851. The van der Waals surface area contributed by atoms with Crippen LogP contribution in [0.3, 0.4) is 0 Å². The van der Waals surface area contributed by atoms with Crippen molar-refractivity contribution in [1.82, 2.24) is 0 Å². The van der Waals surface area contributed by atoms with Crippen LogP contribution < -0.4 is 9.47 Å². The van der Waals surface area contributed by atoms with Gasteiger partial charge in [-0.25, -0.2) is 0 Å². The van der Waals surface area contributed by atoms with Crippen LogP contribution in [0.4, 0.5) is 0 Å². The zero-order chi connectivity index (χ0) is 15.9. The molecule has 0 saturated carbocycles. The van der Waals surface area contributed by atoms with Gasteiger partial charge in [0.2, 0.25) is 0 Å². The Morgan fingerprint density at radius 2 is 1.27 bits per heavy atom. The fourth-order valence-corrected chi connectivity index (χ4v) is 1.95. The number of aliphatic hydroxyl groups is 2. The SMILES string of the molecule is COc1cc(OC)cc(C(O)C#CC(O)c2ccccc2)c1. The maximum Gasteiger partial charge on any atom is 0.140 e. The standard InChI is InChI=1S/C18H18O4/c1-21-15-10-14(11-16(12-15)22-2)18(20)9-8-17(19)13-6-4-3-5-7-13/h3-7,10-12,17-20H,1-2H3. The Hall–Kier alpha value is -2.48. The molecule has 0 spiro atoms. The van der Waals surface area contributed by atoms with Crippen LogP contribution in [0.5, 0.6) is 11.5 Å². The van der Waals surface area contributed by atoms with Crippen LogP contribution in [-0.4, -0.2) is 24.4 Å². The van der Waals surface area contributed by atoms with E-state index in [1.54, 1.807) is 30.3 Å². The van der Waals surface area contributed by atoms with E-state index in [0.29, 0.717) is 22.6 Å². The Balaban J connectivity index is 2.19. The highest BCUT2D eigenvalue weighted by Crippen LogP contribution is 2.26. The van der Waals surface area contributed by atoms with E-state index < -0.39 is 12.2 Å². The van der Waals surface area contributed by atoms with Gasteiger partial charge in [0.05, 0.1) is 14.2 Å². The van der Waals surface area contributed by atoms with Gasteiger partial charge in [0.1, 0.15) is 23.7 Å². The van der Waals surface area contributed by atoms with Gasteiger partial charge < -0.3 is 19.7 Å². The van der Waals surface area contributed by atoms with Gasteiger partial charge in [0.15, 0.2) is 0 Å². The van der Waals surface area contributed by atoms with Crippen molar-refractivity contribution >= 4 is 0 Å². The molecule has 2 rings (SSSR count). The van der Waals surface area contributed by atoms with Gasteiger partial charge in [0, 0.05) is 6.07 Å². The van der Waals surface area contributed by atoms with E-state index in [0.717, 1.165) is 0 Å². The molecular weight excluding hydrogens is 280 g/mol. The second-order valence-corrected chi connectivity index (χ2v) is 4.65. The highest BCUT2D eigenvalue weighted by atomic mass is 16.5. The third-order valence-corrected chi connectivity index (χ3v) is 3.16. The summed E-state index contributed by atoms with van der Waals surface area (Å²) in [5.41, 5.74) is 1.23. The largest absolute Gasteiger partial charge is 0.497 e. The van der Waals surface area contributed by atoms with Gasteiger partial charge in [-0.15, -0.1) is 0 Å². The Morgan fingerprint density at radius 1 is 0.773 bits per heavy atom. The van der Waals surface area contributed by atoms with Gasteiger partial charge >= 0.3 is 0 Å². The molecule has 4 heteroatoms. The van der Waals surface area contributed by atoms with Crippen molar-refractivity contribution in [2.24, 2.45) is 0 Å². The predicted octanol–water partition coefficient (Wildman–Crippen LogP) is 2.47. The van der Waals surface area contributed by atoms with Crippen LogP contribution in [0, 0.1) is 11.8 Å². The van der Waals surface area contributed by atoms with Gasteiger partial charge in [-0.3, -0.25) is 0 Å². The molecule has 0 aliphatic carbocycles. The molecule has 0 saturated heterocycles. The van der Waals surface area contributed by atoms with Crippen LogP contribution in [0.25, 0.3) is 0 Å². The zero-order valence-electron chi connectivity index (χ0n) is 12.5. The van der Waals surface area contributed by atoms with Crippen molar-refractivity contribution in [3.8, 4) is 23.3 Å². The van der Waals surface area contributed by atoms with Gasteiger partial charge in [-0.05, 0) is 23.3 Å². The molecule has 0 radical (unpaired) electrons. The van der Waals surface area contributed by atoms with Crippen molar-refractivity contribution < 1.29 is 19.7 Å². The lowest BCUT2D eigenvalue weighted by molar-refractivity contribution is 0.227. The molecule has 2 aromatic rings. The highest BCUT2D eigenvalue weighted by molar-refractivity contribution is 5.41. The first-order valence-electron chi connectivity index (χ1n) is 6.79. The van der Waals surface area contributed by atoms with Gasteiger partial charge in [-0.2, -0.15) is 0 Å². The molecule has 2 atom stereocenters. The summed E-state index contributed by atoms with van der Waals surface area (Å²) in [5.74, 6) is 6.43. The minimum atomic E-state index is -1.04. The average molecular weight is 298 g/mol. The van der Waals surface area contributed by atoms with E-state index >= 15 is 0 Å². The van der Waals surface area contributed by atoms with Crippen molar-refractivity contribution in [2.45, 2.75) is 12.2 Å². The average Bonchev–Trinajstić information content (AvgIpc) is 2.59. The molecule has 0 fully saturated rings. The fourth-order valence-electron chi connectivity index (χ4n) is 1.95. The molecule has 2 unspecified atom stereocenters. The molecule has 2 aromatic carbocycles. The molecule has 114 valence electrons. The summed E-state index contributed by atoms with van der Waals surface area (Å²) < 4.78 is 10.3. The molecule has 0 bridgehead atoms. The summed E-state index contributed by atoms with van der Waals surface area (Å²) >= 11 is 0. The van der Waals surface area contributed by atoms with Crippen molar-refractivity contribution in [2.75, 3.05) is 14.2 Å². The lowest BCUT2D eigenvalue weighted by Crippen LogP contribution is -1.98. The number of hydrogen-bond acceptors (Lipinski definition) is 4. The number of benzene rings is 2. The smallest absolute Gasteiger partial charge is 0.140 e. The van der Waals surface area contributed by atoms with E-state index in [1.807, 2.05) is 18.2 Å².